The zero-order chi connectivity index (χ0) is 24.9. The molecule has 4 fully saturated rings. The first-order valence-electron chi connectivity index (χ1n) is 13.4. The maximum atomic E-state index is 12.2. The molecule has 3 aromatic rings. The van der Waals surface area contributed by atoms with Crippen molar-refractivity contribution in [3.8, 4) is 11.3 Å². The number of nitrogens with one attached hydrogen (secondary N) is 1. The molecular formula is C28H29Cl2N5O2S. The van der Waals surface area contributed by atoms with Gasteiger partial charge in [0.15, 0.2) is 0 Å². The van der Waals surface area contributed by atoms with Gasteiger partial charge in [-0.05, 0) is 67.7 Å². The van der Waals surface area contributed by atoms with E-state index < -0.39 is 0 Å². The van der Waals surface area contributed by atoms with Gasteiger partial charge in [0.1, 0.15) is 6.33 Å². The lowest BCUT2D eigenvalue weighted by molar-refractivity contribution is -0.138. The molecule has 2 amide bonds. The molecule has 2 aromatic heterocycles. The van der Waals surface area contributed by atoms with Crippen LogP contribution in [0.4, 0.5) is 5.69 Å². The third-order valence-electron chi connectivity index (χ3n) is 9.32. The Balaban J connectivity index is 0.00000242. The van der Waals surface area contributed by atoms with Gasteiger partial charge in [0, 0.05) is 53.0 Å². The summed E-state index contributed by atoms with van der Waals surface area (Å²) in [6.07, 6.45) is 8.57. The molecule has 2 saturated heterocycles. The molecule has 3 atom stereocenters. The summed E-state index contributed by atoms with van der Waals surface area (Å²) >= 11 is 8.33. The Bertz CT molecular complexity index is 1470. The molecule has 1 N–H and O–H groups in total. The number of imide groups is 1. The van der Waals surface area contributed by atoms with Gasteiger partial charge in [-0.1, -0.05) is 11.6 Å². The van der Waals surface area contributed by atoms with Gasteiger partial charge in [-0.3, -0.25) is 14.5 Å². The number of benzene rings is 1. The molecule has 5 aliphatic rings. The SMILES string of the molecule is Cl.O=C1CCC(=O)N1Cc1cc2ncnc(-c3cc(Cl)cc4c3N([C@@H]3CNC5(CCC5)C3)C[C@@H]3C[C@H]43)c2s1. The number of thiophene rings is 1. The summed E-state index contributed by atoms with van der Waals surface area (Å²) in [6.45, 7) is 2.43. The van der Waals surface area contributed by atoms with Crippen molar-refractivity contribution < 1.29 is 9.59 Å². The summed E-state index contributed by atoms with van der Waals surface area (Å²) in [5.41, 5.74) is 5.83. The number of hydrogen-bond donors (Lipinski definition) is 1. The van der Waals surface area contributed by atoms with E-state index in [-0.39, 0.29) is 24.2 Å². The number of fused-ring (bicyclic) bond motifs is 4. The summed E-state index contributed by atoms with van der Waals surface area (Å²) < 4.78 is 0.985. The first-order chi connectivity index (χ1) is 18.0. The van der Waals surface area contributed by atoms with E-state index in [1.165, 1.54) is 48.3 Å². The van der Waals surface area contributed by atoms with Gasteiger partial charge in [-0.15, -0.1) is 23.7 Å². The van der Waals surface area contributed by atoms with E-state index in [9.17, 15) is 9.59 Å². The predicted molar refractivity (Wildman–Crippen MR) is 151 cm³/mol. The molecule has 8 rings (SSSR count). The normalized spacial score (nSPS) is 26.9. The second-order valence-electron chi connectivity index (χ2n) is 11.5. The molecule has 198 valence electrons. The zero-order valence-corrected chi connectivity index (χ0v) is 23.3. The minimum atomic E-state index is -0.0956. The van der Waals surface area contributed by atoms with E-state index in [4.69, 9.17) is 16.6 Å². The van der Waals surface area contributed by atoms with Crippen molar-refractivity contribution in [3.05, 3.63) is 40.0 Å². The van der Waals surface area contributed by atoms with Crippen molar-refractivity contribution in [2.24, 2.45) is 5.92 Å². The molecule has 0 radical (unpaired) electrons. The minimum absolute atomic E-state index is 0. The highest BCUT2D eigenvalue weighted by Gasteiger charge is 2.51. The lowest BCUT2D eigenvalue weighted by atomic mass is 9.75. The van der Waals surface area contributed by atoms with Gasteiger partial charge in [0.05, 0.1) is 28.1 Å². The van der Waals surface area contributed by atoms with E-state index in [2.05, 4.69) is 27.3 Å². The molecule has 0 unspecified atom stereocenters. The molecule has 1 aromatic carbocycles. The fourth-order valence-electron chi connectivity index (χ4n) is 7.17. The molecule has 38 heavy (non-hydrogen) atoms. The Morgan fingerprint density at radius 2 is 1.95 bits per heavy atom. The van der Waals surface area contributed by atoms with E-state index in [0.717, 1.165) is 44.5 Å². The summed E-state index contributed by atoms with van der Waals surface area (Å²) in [7, 11) is 0. The van der Waals surface area contributed by atoms with Crippen LogP contribution in [0.2, 0.25) is 5.02 Å². The topological polar surface area (TPSA) is 78.4 Å². The quantitative estimate of drug-likeness (QED) is 0.430. The van der Waals surface area contributed by atoms with Crippen LogP contribution in [0.1, 0.15) is 61.3 Å². The zero-order valence-electron chi connectivity index (χ0n) is 20.9. The second-order valence-corrected chi connectivity index (χ2v) is 13.1. The van der Waals surface area contributed by atoms with Crippen LogP contribution >= 0.6 is 35.3 Å². The smallest absolute Gasteiger partial charge is 0.230 e. The van der Waals surface area contributed by atoms with Crippen molar-refractivity contribution in [2.75, 3.05) is 18.0 Å². The summed E-state index contributed by atoms with van der Waals surface area (Å²) in [5, 5.41) is 4.62. The lowest BCUT2D eigenvalue weighted by Crippen LogP contribution is -2.46. The van der Waals surface area contributed by atoms with Crippen LogP contribution in [0.25, 0.3) is 21.5 Å². The maximum absolute atomic E-state index is 12.2. The average molecular weight is 571 g/mol. The highest BCUT2D eigenvalue weighted by molar-refractivity contribution is 7.19. The van der Waals surface area contributed by atoms with Gasteiger partial charge in [0.2, 0.25) is 11.8 Å². The van der Waals surface area contributed by atoms with Crippen LogP contribution < -0.4 is 10.2 Å². The average Bonchev–Trinajstić information content (AvgIpc) is 3.18. The van der Waals surface area contributed by atoms with Crippen LogP contribution in [0.15, 0.2) is 24.5 Å². The Labute approximate surface area is 236 Å². The van der Waals surface area contributed by atoms with E-state index in [1.807, 2.05) is 6.07 Å². The van der Waals surface area contributed by atoms with Crippen molar-refractivity contribution in [3.63, 3.8) is 0 Å². The van der Waals surface area contributed by atoms with Crippen molar-refractivity contribution in [1.29, 1.82) is 0 Å². The number of anilines is 1. The highest BCUT2D eigenvalue weighted by atomic mass is 35.5. The Morgan fingerprint density at radius 1 is 1.13 bits per heavy atom. The monoisotopic (exact) mass is 569 g/mol. The number of amides is 2. The first kappa shape index (κ1) is 24.8. The highest BCUT2D eigenvalue weighted by Crippen LogP contribution is 2.59. The number of hydrogen-bond acceptors (Lipinski definition) is 7. The molecule has 7 nitrogen and oxygen atoms in total. The molecule has 1 spiro atoms. The standard InChI is InChI=1S/C28H28ClN5O2S.ClH/c29-16-7-20-19-6-15(19)12-33(17-10-28(32-11-17)4-1-5-28)26(20)21(8-16)25-27-22(30-14-31-25)9-18(37-27)13-34-23(35)2-3-24(34)36;/h7-9,14-15,17,19,32H,1-6,10-13H2;1H/t15-,17-,19-;/m0./s1. The summed E-state index contributed by atoms with van der Waals surface area (Å²) in [4.78, 5) is 38.8. The molecule has 3 aliphatic heterocycles. The molecule has 10 heteroatoms. The Hall–Kier alpha value is -2.26. The Kier molecular flexibility index (Phi) is 5.78. The van der Waals surface area contributed by atoms with Crippen molar-refractivity contribution in [1.82, 2.24) is 20.2 Å². The predicted octanol–water partition coefficient (Wildman–Crippen LogP) is 5.29. The van der Waals surface area contributed by atoms with Crippen LogP contribution in [0.3, 0.4) is 0 Å². The number of halogens is 2. The van der Waals surface area contributed by atoms with Crippen LogP contribution in [-0.4, -0.2) is 51.4 Å². The number of rotatable bonds is 4. The van der Waals surface area contributed by atoms with E-state index in [1.54, 1.807) is 17.7 Å². The largest absolute Gasteiger partial charge is 0.366 e. The molecule has 2 saturated carbocycles. The van der Waals surface area contributed by atoms with Crippen LogP contribution in [0.5, 0.6) is 0 Å². The number of carbonyl (C=O) groups is 2. The summed E-state index contributed by atoms with van der Waals surface area (Å²) in [5.74, 6) is 1.11. The van der Waals surface area contributed by atoms with Gasteiger partial charge < -0.3 is 10.2 Å². The van der Waals surface area contributed by atoms with E-state index >= 15 is 0 Å². The number of aromatic nitrogens is 2. The number of carbonyl (C=O) groups excluding carboxylic acids is 2. The third kappa shape index (κ3) is 3.79. The maximum Gasteiger partial charge on any atom is 0.230 e. The van der Waals surface area contributed by atoms with Crippen molar-refractivity contribution in [2.45, 2.75) is 69.0 Å². The van der Waals surface area contributed by atoms with Crippen LogP contribution in [-0.2, 0) is 16.1 Å². The van der Waals surface area contributed by atoms with Gasteiger partial charge in [-0.25, -0.2) is 9.97 Å². The molecule has 2 aliphatic carbocycles. The molecular weight excluding hydrogens is 541 g/mol. The Morgan fingerprint density at radius 3 is 2.68 bits per heavy atom. The lowest BCUT2D eigenvalue weighted by Gasteiger charge is -2.41. The second kappa shape index (κ2) is 8.88. The first-order valence-corrected chi connectivity index (χ1v) is 14.6. The fraction of sp³-hybridized carbons (Fsp3) is 0.500. The van der Waals surface area contributed by atoms with Gasteiger partial charge in [-0.2, -0.15) is 0 Å². The minimum Gasteiger partial charge on any atom is -0.366 e. The third-order valence-corrected chi connectivity index (χ3v) is 10.7. The van der Waals surface area contributed by atoms with Gasteiger partial charge in [0.25, 0.3) is 0 Å². The summed E-state index contributed by atoms with van der Waals surface area (Å²) in [6, 6.07) is 6.73. The van der Waals surface area contributed by atoms with Gasteiger partial charge >= 0.3 is 0 Å². The van der Waals surface area contributed by atoms with E-state index in [0.29, 0.717) is 42.8 Å². The van der Waals surface area contributed by atoms with Crippen LogP contribution in [0, 0.1) is 5.92 Å². The number of likely N-dealkylation sites (tertiary alicyclic amines) is 1. The fourth-order valence-corrected chi connectivity index (χ4v) is 8.50. The molecule has 5 heterocycles. The number of nitrogens with zero attached hydrogens (tertiary/aromatic N) is 4. The van der Waals surface area contributed by atoms with Crippen molar-refractivity contribution >= 4 is 63.1 Å². The molecule has 0 bridgehead atoms.